The van der Waals surface area contributed by atoms with Crippen molar-refractivity contribution in [2.75, 3.05) is 11.1 Å². The van der Waals surface area contributed by atoms with E-state index in [1.54, 1.807) is 0 Å². The molecule has 20 heavy (non-hydrogen) atoms. The lowest BCUT2D eigenvalue weighted by Gasteiger charge is -2.25. The fourth-order valence-electron chi connectivity index (χ4n) is 2.55. The molecule has 1 heterocycles. The summed E-state index contributed by atoms with van der Waals surface area (Å²) in [6.07, 6.45) is 5.65. The van der Waals surface area contributed by atoms with Crippen LogP contribution in [0.5, 0.6) is 0 Å². The molecule has 0 fully saturated rings. The first-order chi connectivity index (χ1) is 9.78. The molecule has 3 heteroatoms. The van der Waals surface area contributed by atoms with Crippen LogP contribution < -0.4 is 5.32 Å². The maximum Gasteiger partial charge on any atom is 0.0669 e. The van der Waals surface area contributed by atoms with Crippen molar-refractivity contribution in [2.24, 2.45) is 0 Å². The Balaban J connectivity index is 1.97. The summed E-state index contributed by atoms with van der Waals surface area (Å²) in [7, 11) is 0. The molecule has 0 radical (unpaired) electrons. The van der Waals surface area contributed by atoms with Crippen LogP contribution in [0.25, 0.3) is 0 Å². The smallest absolute Gasteiger partial charge is 0.0669 e. The number of allylic oxidation sites excluding steroid dienone is 5. The normalized spacial score (nSPS) is 21.2. The molecule has 1 aromatic carbocycles. The number of fused-ring (bicyclic) bond motifs is 1. The van der Waals surface area contributed by atoms with Gasteiger partial charge in [0.1, 0.15) is 0 Å². The highest BCUT2D eigenvalue weighted by molar-refractivity contribution is 7.99. The van der Waals surface area contributed by atoms with E-state index in [0.717, 1.165) is 17.7 Å². The van der Waals surface area contributed by atoms with Gasteiger partial charge in [0.05, 0.1) is 18.2 Å². The Hall–Kier alpha value is -1.92. The zero-order valence-corrected chi connectivity index (χ0v) is 12.3. The quantitative estimate of drug-likeness (QED) is 0.813. The standard InChI is InChI=1S/C17H16N2S/c1-12-6-7-13(8-9-18)14(10-12)16-11-20-17-5-3-2-4-15(17)19-16/h2-7,19H,8,10-11H2,1H3. The van der Waals surface area contributed by atoms with Crippen molar-refractivity contribution in [3.63, 3.8) is 0 Å². The number of rotatable bonds is 1. The van der Waals surface area contributed by atoms with E-state index < -0.39 is 0 Å². The van der Waals surface area contributed by atoms with Crippen molar-refractivity contribution < 1.29 is 0 Å². The van der Waals surface area contributed by atoms with E-state index in [9.17, 15) is 0 Å². The number of nitrogens with one attached hydrogen (secondary N) is 1. The molecule has 0 amide bonds. The van der Waals surface area contributed by atoms with Crippen molar-refractivity contribution in [3.8, 4) is 6.07 Å². The Morgan fingerprint density at radius 3 is 3.00 bits per heavy atom. The van der Waals surface area contributed by atoms with Gasteiger partial charge in [-0.2, -0.15) is 5.26 Å². The highest BCUT2D eigenvalue weighted by Crippen LogP contribution is 2.38. The Morgan fingerprint density at radius 1 is 1.30 bits per heavy atom. The zero-order chi connectivity index (χ0) is 13.9. The van der Waals surface area contributed by atoms with Crippen LogP contribution in [0.15, 0.2) is 63.7 Å². The third kappa shape index (κ3) is 2.52. The number of benzene rings is 1. The molecule has 0 spiro atoms. The van der Waals surface area contributed by atoms with Gasteiger partial charge in [0, 0.05) is 16.3 Å². The molecule has 0 saturated carbocycles. The van der Waals surface area contributed by atoms with E-state index in [2.05, 4.69) is 54.7 Å². The number of anilines is 1. The molecule has 0 saturated heterocycles. The fraction of sp³-hybridized carbons (Fsp3) is 0.235. The largest absolute Gasteiger partial charge is 0.357 e. The van der Waals surface area contributed by atoms with Crippen molar-refractivity contribution in [3.05, 3.63) is 58.8 Å². The molecule has 1 aliphatic heterocycles. The Labute approximate surface area is 123 Å². The topological polar surface area (TPSA) is 35.8 Å². The predicted octanol–water partition coefficient (Wildman–Crippen LogP) is 4.65. The van der Waals surface area contributed by atoms with E-state index in [1.807, 2.05) is 11.8 Å². The van der Waals surface area contributed by atoms with Gasteiger partial charge in [0.25, 0.3) is 0 Å². The molecule has 1 aromatic rings. The van der Waals surface area contributed by atoms with E-state index in [1.165, 1.54) is 27.4 Å². The molecule has 0 bridgehead atoms. The monoisotopic (exact) mass is 280 g/mol. The summed E-state index contributed by atoms with van der Waals surface area (Å²) in [5.74, 6) is 0.947. The van der Waals surface area contributed by atoms with Crippen LogP contribution in [-0.4, -0.2) is 5.75 Å². The summed E-state index contributed by atoms with van der Waals surface area (Å²) in [5.41, 5.74) is 6.23. The molecule has 1 N–H and O–H groups in total. The third-order valence-electron chi connectivity index (χ3n) is 3.59. The minimum absolute atomic E-state index is 0.483. The van der Waals surface area contributed by atoms with Crippen LogP contribution in [-0.2, 0) is 0 Å². The van der Waals surface area contributed by atoms with Crippen molar-refractivity contribution >= 4 is 17.4 Å². The summed E-state index contributed by atoms with van der Waals surface area (Å²) >= 11 is 1.86. The highest BCUT2D eigenvalue weighted by atomic mass is 32.2. The molecule has 0 aromatic heterocycles. The number of nitriles is 1. The molecule has 1 aliphatic carbocycles. The number of nitrogens with zero attached hydrogens (tertiary/aromatic N) is 1. The first-order valence-corrected chi connectivity index (χ1v) is 7.71. The molecule has 0 unspecified atom stereocenters. The van der Waals surface area contributed by atoms with Gasteiger partial charge in [-0.15, -0.1) is 11.8 Å². The van der Waals surface area contributed by atoms with Gasteiger partial charge in [-0.3, -0.25) is 0 Å². The maximum atomic E-state index is 9.00. The lowest BCUT2D eigenvalue weighted by atomic mass is 9.90. The minimum atomic E-state index is 0.483. The van der Waals surface area contributed by atoms with Crippen LogP contribution in [0.3, 0.4) is 0 Å². The SMILES string of the molecule is CC1=CC=C(CC#N)C(=C2CSc3ccccc3N2)C1. The highest BCUT2D eigenvalue weighted by Gasteiger charge is 2.19. The number of para-hydroxylation sites is 1. The van der Waals surface area contributed by atoms with E-state index in [4.69, 9.17) is 5.26 Å². The van der Waals surface area contributed by atoms with E-state index in [0.29, 0.717) is 6.42 Å². The second kappa shape index (κ2) is 5.60. The zero-order valence-electron chi connectivity index (χ0n) is 11.4. The second-order valence-corrected chi connectivity index (χ2v) is 6.10. The Kier molecular flexibility index (Phi) is 3.66. The average molecular weight is 280 g/mol. The minimum Gasteiger partial charge on any atom is -0.357 e. The van der Waals surface area contributed by atoms with Crippen LogP contribution >= 0.6 is 11.8 Å². The Bertz CT molecular complexity index is 674. The number of hydrogen-bond acceptors (Lipinski definition) is 3. The molecule has 2 nitrogen and oxygen atoms in total. The van der Waals surface area contributed by atoms with Crippen molar-refractivity contribution in [2.45, 2.75) is 24.7 Å². The van der Waals surface area contributed by atoms with Gasteiger partial charge in [-0.05, 0) is 36.6 Å². The van der Waals surface area contributed by atoms with Crippen LogP contribution in [0.2, 0.25) is 0 Å². The maximum absolute atomic E-state index is 9.00. The lowest BCUT2D eigenvalue weighted by molar-refractivity contribution is 1.02. The summed E-state index contributed by atoms with van der Waals surface area (Å²) in [4.78, 5) is 1.30. The summed E-state index contributed by atoms with van der Waals surface area (Å²) < 4.78 is 0. The number of thioether (sulfide) groups is 1. The van der Waals surface area contributed by atoms with E-state index in [-0.39, 0.29) is 0 Å². The molecule has 0 atom stereocenters. The third-order valence-corrected chi connectivity index (χ3v) is 4.69. The molecular formula is C17H16N2S. The first-order valence-electron chi connectivity index (χ1n) is 6.72. The average Bonchev–Trinajstić information content (AvgIpc) is 2.49. The molecule has 3 rings (SSSR count). The van der Waals surface area contributed by atoms with Crippen LogP contribution in [0, 0.1) is 11.3 Å². The van der Waals surface area contributed by atoms with Gasteiger partial charge in [-0.1, -0.05) is 29.9 Å². The van der Waals surface area contributed by atoms with Crippen molar-refractivity contribution in [1.82, 2.24) is 0 Å². The van der Waals surface area contributed by atoms with Gasteiger partial charge in [0.2, 0.25) is 0 Å². The second-order valence-electron chi connectivity index (χ2n) is 5.08. The van der Waals surface area contributed by atoms with Crippen LogP contribution in [0.1, 0.15) is 19.8 Å². The molecular weight excluding hydrogens is 264 g/mol. The van der Waals surface area contributed by atoms with Crippen LogP contribution in [0.4, 0.5) is 5.69 Å². The van der Waals surface area contributed by atoms with Crippen molar-refractivity contribution in [1.29, 1.82) is 5.26 Å². The number of hydrogen-bond donors (Lipinski definition) is 1. The van der Waals surface area contributed by atoms with Gasteiger partial charge in [-0.25, -0.2) is 0 Å². The fourth-order valence-corrected chi connectivity index (χ4v) is 3.55. The molecule has 2 aliphatic rings. The predicted molar refractivity (Wildman–Crippen MR) is 84.5 cm³/mol. The van der Waals surface area contributed by atoms with Gasteiger partial charge < -0.3 is 5.32 Å². The summed E-state index contributed by atoms with van der Waals surface area (Å²) in [6.45, 7) is 2.14. The lowest BCUT2D eigenvalue weighted by Crippen LogP contribution is -2.13. The van der Waals surface area contributed by atoms with Gasteiger partial charge in [0.15, 0.2) is 0 Å². The van der Waals surface area contributed by atoms with E-state index >= 15 is 0 Å². The summed E-state index contributed by atoms with van der Waals surface area (Å²) in [5, 5.41) is 12.6. The Morgan fingerprint density at radius 2 is 2.15 bits per heavy atom. The molecule has 100 valence electrons. The van der Waals surface area contributed by atoms with Gasteiger partial charge >= 0.3 is 0 Å². The first kappa shape index (κ1) is 13.1. The summed E-state index contributed by atoms with van der Waals surface area (Å²) in [6, 6.07) is 10.7.